The molecule has 0 saturated heterocycles. The van der Waals surface area contributed by atoms with Gasteiger partial charge in [0.2, 0.25) is 0 Å². The molecule has 0 radical (unpaired) electrons. The van der Waals surface area contributed by atoms with Crippen molar-refractivity contribution in [2.45, 2.75) is 13.0 Å². The Bertz CT molecular complexity index is 968. The molecule has 1 amide bonds. The predicted molar refractivity (Wildman–Crippen MR) is 114 cm³/mol. The highest BCUT2D eigenvalue weighted by molar-refractivity contribution is 5.98. The lowest BCUT2D eigenvalue weighted by atomic mass is 10.0. The van der Waals surface area contributed by atoms with Crippen LogP contribution in [0.2, 0.25) is 0 Å². The Morgan fingerprint density at radius 1 is 0.759 bits per heavy atom. The van der Waals surface area contributed by atoms with E-state index in [0.717, 1.165) is 16.7 Å². The van der Waals surface area contributed by atoms with Crippen LogP contribution in [0.1, 0.15) is 28.9 Å². The Kier molecular flexibility index (Phi) is 6.39. The van der Waals surface area contributed by atoms with E-state index in [1.54, 1.807) is 12.1 Å². The quantitative estimate of drug-likeness (QED) is 0.624. The highest BCUT2D eigenvalue weighted by Gasteiger charge is 2.19. The first-order valence-corrected chi connectivity index (χ1v) is 9.33. The van der Waals surface area contributed by atoms with Crippen LogP contribution >= 0.6 is 0 Å². The molecular formula is C24H25NO4. The fraction of sp³-hybridized carbons (Fsp3) is 0.208. The van der Waals surface area contributed by atoms with Gasteiger partial charge in [-0.2, -0.15) is 0 Å². The summed E-state index contributed by atoms with van der Waals surface area (Å²) < 4.78 is 15.9. The van der Waals surface area contributed by atoms with Crippen molar-refractivity contribution in [3.8, 4) is 28.4 Å². The smallest absolute Gasteiger partial charge is 0.255 e. The van der Waals surface area contributed by atoms with Gasteiger partial charge in [-0.15, -0.1) is 0 Å². The molecule has 5 nitrogen and oxygen atoms in total. The average molecular weight is 391 g/mol. The summed E-state index contributed by atoms with van der Waals surface area (Å²) in [6.45, 7) is 1.95. The van der Waals surface area contributed by atoms with E-state index in [4.69, 9.17) is 14.2 Å². The van der Waals surface area contributed by atoms with E-state index in [-0.39, 0.29) is 11.9 Å². The topological polar surface area (TPSA) is 56.8 Å². The second-order valence-corrected chi connectivity index (χ2v) is 6.59. The van der Waals surface area contributed by atoms with Crippen molar-refractivity contribution < 1.29 is 19.0 Å². The highest BCUT2D eigenvalue weighted by atomic mass is 16.5. The van der Waals surface area contributed by atoms with Gasteiger partial charge in [0.25, 0.3) is 5.91 Å². The maximum Gasteiger partial charge on any atom is 0.255 e. The van der Waals surface area contributed by atoms with Crippen LogP contribution in [0.4, 0.5) is 0 Å². The molecule has 3 aromatic carbocycles. The standard InChI is InChI=1S/C24H25NO4/c1-16(17-10-12-19(13-11-17)18-8-6-5-7-9-18)25-24(26)20-14-22(28-3)23(29-4)15-21(20)27-2/h5-16H,1-4H3,(H,25,26). The maximum atomic E-state index is 12.9. The summed E-state index contributed by atoms with van der Waals surface area (Å²) in [6, 6.07) is 21.4. The first kappa shape index (κ1) is 20.3. The molecule has 0 bridgehead atoms. The molecule has 0 saturated carbocycles. The van der Waals surface area contributed by atoms with Crippen molar-refractivity contribution >= 4 is 5.91 Å². The van der Waals surface area contributed by atoms with E-state index >= 15 is 0 Å². The fourth-order valence-corrected chi connectivity index (χ4v) is 3.16. The minimum Gasteiger partial charge on any atom is -0.496 e. The number of amides is 1. The van der Waals surface area contributed by atoms with E-state index in [1.807, 2.05) is 37.3 Å². The van der Waals surface area contributed by atoms with Crippen molar-refractivity contribution in [1.29, 1.82) is 0 Å². The molecule has 29 heavy (non-hydrogen) atoms. The Hall–Kier alpha value is -3.47. The number of benzene rings is 3. The van der Waals surface area contributed by atoms with Gasteiger partial charge in [0.15, 0.2) is 11.5 Å². The third kappa shape index (κ3) is 4.51. The molecule has 5 heteroatoms. The van der Waals surface area contributed by atoms with Crippen molar-refractivity contribution in [1.82, 2.24) is 5.32 Å². The van der Waals surface area contributed by atoms with Gasteiger partial charge in [0.1, 0.15) is 5.75 Å². The van der Waals surface area contributed by atoms with Crippen molar-refractivity contribution in [2.75, 3.05) is 21.3 Å². The van der Waals surface area contributed by atoms with Gasteiger partial charge in [0, 0.05) is 12.1 Å². The zero-order valence-corrected chi connectivity index (χ0v) is 17.1. The van der Waals surface area contributed by atoms with Gasteiger partial charge in [-0.1, -0.05) is 54.6 Å². The van der Waals surface area contributed by atoms with Crippen LogP contribution in [-0.4, -0.2) is 27.2 Å². The van der Waals surface area contributed by atoms with E-state index in [9.17, 15) is 4.79 Å². The first-order chi connectivity index (χ1) is 14.1. The molecule has 0 fully saturated rings. The van der Waals surface area contributed by atoms with Crippen LogP contribution < -0.4 is 19.5 Å². The molecule has 0 aromatic heterocycles. The molecule has 3 aromatic rings. The minimum atomic E-state index is -0.248. The number of methoxy groups -OCH3 is 3. The minimum absolute atomic E-state index is 0.176. The zero-order valence-electron chi connectivity index (χ0n) is 17.1. The number of ether oxygens (including phenoxy) is 3. The molecule has 3 rings (SSSR count). The molecule has 0 aliphatic rings. The van der Waals surface area contributed by atoms with Gasteiger partial charge in [-0.05, 0) is 23.6 Å². The summed E-state index contributed by atoms with van der Waals surface area (Å²) in [7, 11) is 4.59. The Morgan fingerprint density at radius 3 is 1.90 bits per heavy atom. The van der Waals surface area contributed by atoms with Crippen molar-refractivity contribution in [3.63, 3.8) is 0 Å². The summed E-state index contributed by atoms with van der Waals surface area (Å²) in [6.07, 6.45) is 0. The number of nitrogens with one attached hydrogen (secondary N) is 1. The van der Waals surface area contributed by atoms with Crippen LogP contribution in [0.15, 0.2) is 66.7 Å². The summed E-state index contributed by atoms with van der Waals surface area (Å²) >= 11 is 0. The molecular weight excluding hydrogens is 366 g/mol. The zero-order chi connectivity index (χ0) is 20.8. The second kappa shape index (κ2) is 9.15. The van der Waals surface area contributed by atoms with Crippen molar-refractivity contribution in [3.05, 3.63) is 77.9 Å². The van der Waals surface area contributed by atoms with E-state index < -0.39 is 0 Å². The lowest BCUT2D eigenvalue weighted by molar-refractivity contribution is 0.0936. The molecule has 150 valence electrons. The Balaban J connectivity index is 1.78. The number of hydrogen-bond acceptors (Lipinski definition) is 4. The molecule has 1 atom stereocenters. The third-order valence-corrected chi connectivity index (χ3v) is 4.82. The lowest BCUT2D eigenvalue weighted by Gasteiger charge is -2.18. The molecule has 1 N–H and O–H groups in total. The monoisotopic (exact) mass is 391 g/mol. The second-order valence-electron chi connectivity index (χ2n) is 6.59. The molecule has 1 unspecified atom stereocenters. The number of hydrogen-bond donors (Lipinski definition) is 1. The molecule has 0 spiro atoms. The van der Waals surface area contributed by atoms with Gasteiger partial charge >= 0.3 is 0 Å². The van der Waals surface area contributed by atoms with Crippen LogP contribution in [0.5, 0.6) is 17.2 Å². The van der Waals surface area contributed by atoms with E-state index in [1.165, 1.54) is 21.3 Å². The summed E-state index contributed by atoms with van der Waals surface area (Å²) in [4.78, 5) is 12.9. The lowest BCUT2D eigenvalue weighted by Crippen LogP contribution is -2.27. The SMILES string of the molecule is COc1cc(OC)c(C(=O)NC(C)c2ccc(-c3ccccc3)cc2)cc1OC. The fourth-order valence-electron chi connectivity index (χ4n) is 3.16. The predicted octanol–water partition coefficient (Wildman–Crippen LogP) is 4.87. The largest absolute Gasteiger partial charge is 0.496 e. The van der Waals surface area contributed by atoms with Crippen LogP contribution in [0.25, 0.3) is 11.1 Å². The van der Waals surface area contributed by atoms with Gasteiger partial charge in [-0.25, -0.2) is 0 Å². The van der Waals surface area contributed by atoms with Crippen LogP contribution in [-0.2, 0) is 0 Å². The Morgan fingerprint density at radius 2 is 1.31 bits per heavy atom. The number of rotatable bonds is 7. The van der Waals surface area contributed by atoms with Gasteiger partial charge < -0.3 is 19.5 Å². The van der Waals surface area contributed by atoms with Crippen LogP contribution in [0, 0.1) is 0 Å². The maximum absolute atomic E-state index is 12.9. The summed E-state index contributed by atoms with van der Waals surface area (Å²) in [5.41, 5.74) is 3.69. The number of carbonyl (C=O) groups excluding carboxylic acids is 1. The first-order valence-electron chi connectivity index (χ1n) is 9.33. The number of carbonyl (C=O) groups is 1. The summed E-state index contributed by atoms with van der Waals surface area (Å²) in [5.74, 6) is 1.15. The van der Waals surface area contributed by atoms with E-state index in [0.29, 0.717) is 22.8 Å². The van der Waals surface area contributed by atoms with Gasteiger partial charge in [0.05, 0.1) is 32.9 Å². The van der Waals surface area contributed by atoms with E-state index in [2.05, 4.69) is 29.6 Å². The highest BCUT2D eigenvalue weighted by Crippen LogP contribution is 2.34. The molecule has 0 heterocycles. The average Bonchev–Trinajstić information content (AvgIpc) is 2.78. The normalized spacial score (nSPS) is 11.4. The molecule has 0 aliphatic carbocycles. The van der Waals surface area contributed by atoms with Crippen molar-refractivity contribution in [2.24, 2.45) is 0 Å². The third-order valence-electron chi connectivity index (χ3n) is 4.82. The summed E-state index contributed by atoms with van der Waals surface area (Å²) in [5, 5.41) is 3.02. The Labute approximate surface area is 171 Å². The molecule has 0 aliphatic heterocycles. The van der Waals surface area contributed by atoms with Crippen LogP contribution in [0.3, 0.4) is 0 Å². The van der Waals surface area contributed by atoms with Gasteiger partial charge in [-0.3, -0.25) is 4.79 Å².